The molecule has 1 aliphatic heterocycles. The maximum Gasteiger partial charge on any atom is 0.0233 e. The van der Waals surface area contributed by atoms with E-state index in [4.69, 9.17) is 0 Å². The Morgan fingerprint density at radius 1 is 1.14 bits per heavy atom. The van der Waals surface area contributed by atoms with Crippen LogP contribution in [0.4, 0.5) is 0 Å². The van der Waals surface area contributed by atoms with Crippen molar-refractivity contribution in [1.82, 2.24) is 4.90 Å². The Morgan fingerprint density at radius 2 is 1.86 bits per heavy atom. The minimum atomic E-state index is 0. The van der Waals surface area contributed by atoms with Crippen molar-refractivity contribution < 1.29 is 0 Å². The van der Waals surface area contributed by atoms with E-state index in [1.165, 1.54) is 24.1 Å². The van der Waals surface area contributed by atoms with Gasteiger partial charge in [0, 0.05) is 13.1 Å². The monoisotopic (exact) mass is 209 g/mol. The van der Waals surface area contributed by atoms with Gasteiger partial charge in [0.15, 0.2) is 0 Å². The van der Waals surface area contributed by atoms with Gasteiger partial charge in [-0.25, -0.2) is 0 Å². The number of hydrogen-bond acceptors (Lipinski definition) is 1. The van der Waals surface area contributed by atoms with Gasteiger partial charge < -0.3 is 4.90 Å². The molecule has 0 fully saturated rings. The smallest absolute Gasteiger partial charge is 0.0233 e. The molecule has 0 aliphatic carbocycles. The second kappa shape index (κ2) is 5.18. The summed E-state index contributed by atoms with van der Waals surface area (Å²) in [5.74, 6) is 0. The summed E-state index contributed by atoms with van der Waals surface area (Å²) >= 11 is 0. The first-order valence-electron chi connectivity index (χ1n) is 4.79. The van der Waals surface area contributed by atoms with Crippen LogP contribution in [0.25, 0.3) is 5.57 Å². The Labute approximate surface area is 91.8 Å². The molecule has 2 rings (SSSR count). The van der Waals surface area contributed by atoms with E-state index in [1.54, 1.807) is 0 Å². The minimum absolute atomic E-state index is 0. The molecule has 0 atom stereocenters. The molecule has 14 heavy (non-hydrogen) atoms. The average Bonchev–Trinajstić information content (AvgIpc) is 2.19. The molecule has 0 aromatic heterocycles. The molecule has 0 radical (unpaired) electrons. The number of nitrogens with zero attached hydrogens (tertiary/aromatic N) is 1. The Bertz CT molecular complexity index is 305. The van der Waals surface area contributed by atoms with E-state index in [0.717, 1.165) is 6.54 Å². The molecule has 0 saturated carbocycles. The fourth-order valence-electron chi connectivity index (χ4n) is 1.75. The summed E-state index contributed by atoms with van der Waals surface area (Å²) in [5.41, 5.74) is 2.84. The summed E-state index contributed by atoms with van der Waals surface area (Å²) in [6.45, 7) is 2.28. The Morgan fingerprint density at radius 3 is 2.50 bits per heavy atom. The van der Waals surface area contributed by atoms with Crippen LogP contribution >= 0.6 is 12.4 Å². The second-order valence-corrected chi connectivity index (χ2v) is 3.62. The van der Waals surface area contributed by atoms with Crippen molar-refractivity contribution in [3.8, 4) is 0 Å². The molecule has 1 aromatic rings. The van der Waals surface area contributed by atoms with Crippen molar-refractivity contribution in [3.63, 3.8) is 0 Å². The maximum atomic E-state index is 2.36. The molecule has 0 unspecified atom stereocenters. The lowest BCUT2D eigenvalue weighted by molar-refractivity contribution is 0.373. The average molecular weight is 210 g/mol. The van der Waals surface area contributed by atoms with E-state index in [0.29, 0.717) is 0 Å². The van der Waals surface area contributed by atoms with E-state index in [2.05, 4.69) is 48.4 Å². The zero-order chi connectivity index (χ0) is 9.10. The van der Waals surface area contributed by atoms with Crippen LogP contribution in [0.15, 0.2) is 36.4 Å². The van der Waals surface area contributed by atoms with Gasteiger partial charge in [0.05, 0.1) is 0 Å². The molecule has 1 aromatic carbocycles. The van der Waals surface area contributed by atoms with Gasteiger partial charge in [-0.3, -0.25) is 0 Å². The molecule has 0 N–H and O–H groups in total. The van der Waals surface area contributed by atoms with Gasteiger partial charge in [0.2, 0.25) is 0 Å². The van der Waals surface area contributed by atoms with E-state index >= 15 is 0 Å². The molecular weight excluding hydrogens is 194 g/mol. The molecule has 0 saturated heterocycles. The number of benzene rings is 1. The van der Waals surface area contributed by atoms with E-state index < -0.39 is 0 Å². The van der Waals surface area contributed by atoms with Crippen LogP contribution in [0.1, 0.15) is 12.0 Å². The molecule has 1 nitrogen and oxygen atoms in total. The predicted octanol–water partition coefficient (Wildman–Crippen LogP) is 2.83. The molecule has 0 bridgehead atoms. The highest BCUT2D eigenvalue weighted by Crippen LogP contribution is 2.18. The van der Waals surface area contributed by atoms with Gasteiger partial charge in [-0.2, -0.15) is 0 Å². The highest BCUT2D eigenvalue weighted by molar-refractivity contribution is 5.85. The minimum Gasteiger partial charge on any atom is -0.302 e. The molecule has 1 heterocycles. The molecule has 0 amide bonds. The van der Waals surface area contributed by atoms with Gasteiger partial charge in [-0.1, -0.05) is 36.4 Å². The van der Waals surface area contributed by atoms with Crippen molar-refractivity contribution in [3.05, 3.63) is 42.0 Å². The molecule has 2 heteroatoms. The van der Waals surface area contributed by atoms with Crippen LogP contribution < -0.4 is 0 Å². The topological polar surface area (TPSA) is 3.24 Å². The third-order valence-corrected chi connectivity index (χ3v) is 2.49. The zero-order valence-electron chi connectivity index (χ0n) is 8.44. The lowest BCUT2D eigenvalue weighted by Gasteiger charge is -2.22. The summed E-state index contributed by atoms with van der Waals surface area (Å²) in [7, 11) is 2.18. The Balaban J connectivity index is 0.000000980. The van der Waals surface area contributed by atoms with Gasteiger partial charge in [-0.05, 0) is 24.6 Å². The lowest BCUT2D eigenvalue weighted by atomic mass is 10.0. The molecule has 76 valence electrons. The summed E-state index contributed by atoms with van der Waals surface area (Å²) < 4.78 is 0. The number of rotatable bonds is 1. The van der Waals surface area contributed by atoms with Crippen molar-refractivity contribution in [2.75, 3.05) is 20.1 Å². The molecular formula is C12H16ClN. The molecule has 0 spiro atoms. The lowest BCUT2D eigenvalue weighted by Crippen LogP contribution is -2.24. The van der Waals surface area contributed by atoms with Crippen LogP contribution in [0, 0.1) is 0 Å². The van der Waals surface area contributed by atoms with Crippen LogP contribution in [-0.4, -0.2) is 25.0 Å². The maximum absolute atomic E-state index is 2.36. The van der Waals surface area contributed by atoms with Crippen LogP contribution in [0.2, 0.25) is 0 Å². The normalized spacial score (nSPS) is 17.1. The van der Waals surface area contributed by atoms with Crippen LogP contribution in [0.5, 0.6) is 0 Å². The molecule has 1 aliphatic rings. The highest BCUT2D eigenvalue weighted by atomic mass is 35.5. The second-order valence-electron chi connectivity index (χ2n) is 3.62. The summed E-state index contributed by atoms with van der Waals surface area (Å²) in [6, 6.07) is 10.6. The van der Waals surface area contributed by atoms with Crippen molar-refractivity contribution in [1.29, 1.82) is 0 Å². The predicted molar refractivity (Wildman–Crippen MR) is 63.8 cm³/mol. The first kappa shape index (κ1) is 11.3. The van der Waals surface area contributed by atoms with Crippen molar-refractivity contribution in [2.24, 2.45) is 0 Å². The largest absolute Gasteiger partial charge is 0.302 e. The van der Waals surface area contributed by atoms with Crippen molar-refractivity contribution in [2.45, 2.75) is 6.42 Å². The SMILES string of the molecule is CN1CCC=C(c2ccccc2)C1.Cl. The summed E-state index contributed by atoms with van der Waals surface area (Å²) in [4.78, 5) is 2.36. The summed E-state index contributed by atoms with van der Waals surface area (Å²) in [5, 5.41) is 0. The van der Waals surface area contributed by atoms with Gasteiger partial charge in [0.1, 0.15) is 0 Å². The fraction of sp³-hybridized carbons (Fsp3) is 0.333. The van der Waals surface area contributed by atoms with E-state index in [9.17, 15) is 0 Å². The van der Waals surface area contributed by atoms with Gasteiger partial charge in [-0.15, -0.1) is 12.4 Å². The number of likely N-dealkylation sites (N-methyl/N-ethyl adjacent to an activating group) is 1. The van der Waals surface area contributed by atoms with Gasteiger partial charge in [0.25, 0.3) is 0 Å². The fourth-order valence-corrected chi connectivity index (χ4v) is 1.75. The summed E-state index contributed by atoms with van der Waals surface area (Å²) in [6.07, 6.45) is 3.54. The quantitative estimate of drug-likeness (QED) is 0.688. The first-order chi connectivity index (χ1) is 6.36. The Hall–Kier alpha value is -0.790. The first-order valence-corrected chi connectivity index (χ1v) is 4.79. The van der Waals surface area contributed by atoms with Gasteiger partial charge >= 0.3 is 0 Å². The van der Waals surface area contributed by atoms with Crippen LogP contribution in [-0.2, 0) is 0 Å². The van der Waals surface area contributed by atoms with Crippen LogP contribution in [0.3, 0.4) is 0 Å². The standard InChI is InChI=1S/C12H15N.ClH/c1-13-9-5-8-12(10-13)11-6-3-2-4-7-11;/h2-4,6-8H,5,9-10H2,1H3;1H. The number of hydrogen-bond donors (Lipinski definition) is 0. The third-order valence-electron chi connectivity index (χ3n) is 2.49. The third kappa shape index (κ3) is 2.60. The Kier molecular flexibility index (Phi) is 4.18. The van der Waals surface area contributed by atoms with E-state index in [1.807, 2.05) is 0 Å². The zero-order valence-corrected chi connectivity index (χ0v) is 9.26. The van der Waals surface area contributed by atoms with E-state index in [-0.39, 0.29) is 12.4 Å². The van der Waals surface area contributed by atoms with Crippen molar-refractivity contribution >= 4 is 18.0 Å². The highest BCUT2D eigenvalue weighted by Gasteiger charge is 2.08. The number of halogens is 1.